The van der Waals surface area contributed by atoms with E-state index < -0.39 is 0 Å². The molecule has 1 aromatic heterocycles. The smallest absolute Gasteiger partial charge is 0.196 e. The molecule has 0 atom stereocenters. The van der Waals surface area contributed by atoms with Gasteiger partial charge in [-0.3, -0.25) is 4.79 Å². The number of fused-ring (bicyclic) bond motifs is 2. The molecule has 0 N–H and O–H groups in total. The van der Waals surface area contributed by atoms with Crippen LogP contribution in [0.2, 0.25) is 0 Å². The fourth-order valence-electron chi connectivity index (χ4n) is 3.77. The molecule has 4 aromatic carbocycles. The van der Waals surface area contributed by atoms with E-state index in [0.29, 0.717) is 10.8 Å². The Kier molecular flexibility index (Phi) is 4.57. The van der Waals surface area contributed by atoms with Crippen molar-refractivity contribution in [2.45, 2.75) is 0 Å². The van der Waals surface area contributed by atoms with Crippen molar-refractivity contribution >= 4 is 31.5 Å². The second kappa shape index (κ2) is 7.39. The summed E-state index contributed by atoms with van der Waals surface area (Å²) < 4.78 is 20.6. The van der Waals surface area contributed by atoms with E-state index in [9.17, 15) is 9.18 Å². The molecular formula is C26H17FO2S. The van der Waals surface area contributed by atoms with Gasteiger partial charge < -0.3 is 4.74 Å². The van der Waals surface area contributed by atoms with E-state index in [1.54, 1.807) is 30.6 Å². The summed E-state index contributed by atoms with van der Waals surface area (Å²) in [6.45, 7) is 0. The maximum Gasteiger partial charge on any atom is 0.196 e. The summed E-state index contributed by atoms with van der Waals surface area (Å²) in [4.78, 5) is 13.5. The molecule has 30 heavy (non-hydrogen) atoms. The molecule has 0 aliphatic rings. The van der Waals surface area contributed by atoms with E-state index in [1.165, 1.54) is 12.1 Å². The van der Waals surface area contributed by atoms with Crippen molar-refractivity contribution in [1.82, 2.24) is 0 Å². The van der Waals surface area contributed by atoms with Crippen molar-refractivity contribution in [3.8, 4) is 28.0 Å². The topological polar surface area (TPSA) is 26.3 Å². The van der Waals surface area contributed by atoms with Gasteiger partial charge in [-0.1, -0.05) is 48.5 Å². The Morgan fingerprint density at radius 2 is 1.40 bits per heavy atom. The molecule has 146 valence electrons. The van der Waals surface area contributed by atoms with Crippen LogP contribution < -0.4 is 10.2 Å². The summed E-state index contributed by atoms with van der Waals surface area (Å²) in [6.07, 6.45) is 0. The molecule has 0 radical (unpaired) electrons. The lowest BCUT2D eigenvalue weighted by molar-refractivity contribution is 0.415. The van der Waals surface area contributed by atoms with Crippen molar-refractivity contribution < 1.29 is 9.13 Å². The van der Waals surface area contributed by atoms with Crippen LogP contribution >= 0.6 is 11.3 Å². The van der Waals surface area contributed by atoms with Crippen molar-refractivity contribution in [2.75, 3.05) is 7.11 Å². The number of hydrogen-bond donors (Lipinski definition) is 0. The van der Waals surface area contributed by atoms with Crippen LogP contribution in [-0.2, 0) is 0 Å². The first-order valence-corrected chi connectivity index (χ1v) is 10.4. The summed E-state index contributed by atoms with van der Waals surface area (Å²) in [5, 5.41) is 1.36. The van der Waals surface area contributed by atoms with Gasteiger partial charge in [-0.25, -0.2) is 4.39 Å². The Morgan fingerprint density at radius 1 is 0.767 bits per heavy atom. The van der Waals surface area contributed by atoms with Crippen molar-refractivity contribution in [2.24, 2.45) is 0 Å². The van der Waals surface area contributed by atoms with Gasteiger partial charge in [-0.2, -0.15) is 0 Å². The summed E-state index contributed by atoms with van der Waals surface area (Å²) in [6, 6.07) is 25.8. The zero-order valence-corrected chi connectivity index (χ0v) is 17.0. The summed E-state index contributed by atoms with van der Waals surface area (Å²) in [5.41, 5.74) is 3.63. The summed E-state index contributed by atoms with van der Waals surface area (Å²) in [7, 11) is 1.64. The van der Waals surface area contributed by atoms with Crippen LogP contribution in [-0.4, -0.2) is 7.11 Å². The number of benzene rings is 4. The summed E-state index contributed by atoms with van der Waals surface area (Å²) >= 11 is 1.60. The first-order valence-electron chi connectivity index (χ1n) is 9.54. The lowest BCUT2D eigenvalue weighted by atomic mass is 9.95. The van der Waals surface area contributed by atoms with Crippen LogP contribution in [0.4, 0.5) is 4.39 Å². The number of rotatable bonds is 3. The number of ether oxygens (including phenoxy) is 1. The maximum absolute atomic E-state index is 13.5. The molecular weight excluding hydrogens is 395 g/mol. The van der Waals surface area contributed by atoms with Crippen molar-refractivity contribution in [3.63, 3.8) is 0 Å². The fraction of sp³-hybridized carbons (Fsp3) is 0.0385. The molecule has 0 aliphatic heterocycles. The quantitative estimate of drug-likeness (QED) is 0.301. The third-order valence-corrected chi connectivity index (χ3v) is 6.49. The third-order valence-electron chi connectivity index (χ3n) is 5.28. The van der Waals surface area contributed by atoms with E-state index in [-0.39, 0.29) is 11.2 Å². The average molecular weight is 412 g/mol. The fourth-order valence-corrected chi connectivity index (χ4v) is 5.01. The zero-order chi connectivity index (χ0) is 20.7. The molecule has 1 heterocycles. The largest absolute Gasteiger partial charge is 0.497 e. The standard InChI is InChI=1S/C26H17FO2S/c1-29-19-12-8-17(9-13-19)21-15-14-20(16-6-10-18(27)11-7-16)24-25(28)22-4-2-3-5-23(22)30-26(21)24/h2-15H,1H3. The van der Waals surface area contributed by atoms with Gasteiger partial charge in [0.2, 0.25) is 0 Å². The molecule has 0 spiro atoms. The highest BCUT2D eigenvalue weighted by atomic mass is 32.1. The zero-order valence-electron chi connectivity index (χ0n) is 16.2. The maximum atomic E-state index is 13.5. The first-order chi connectivity index (χ1) is 14.7. The van der Waals surface area contributed by atoms with E-state index in [0.717, 1.165) is 37.4 Å². The van der Waals surface area contributed by atoms with Gasteiger partial charge >= 0.3 is 0 Å². The number of methoxy groups -OCH3 is 1. The third kappa shape index (κ3) is 3.06. The Morgan fingerprint density at radius 3 is 2.13 bits per heavy atom. The van der Waals surface area contributed by atoms with Gasteiger partial charge in [0.25, 0.3) is 0 Å². The predicted molar refractivity (Wildman–Crippen MR) is 123 cm³/mol. The van der Waals surface area contributed by atoms with Gasteiger partial charge in [0, 0.05) is 20.2 Å². The molecule has 0 aliphatic carbocycles. The molecule has 0 unspecified atom stereocenters. The normalized spacial score (nSPS) is 11.1. The Bertz CT molecular complexity index is 1440. The lowest BCUT2D eigenvalue weighted by Gasteiger charge is -2.13. The summed E-state index contributed by atoms with van der Waals surface area (Å²) in [5.74, 6) is 0.484. The molecule has 5 rings (SSSR count). The van der Waals surface area contributed by atoms with Crippen LogP contribution in [0.15, 0.2) is 89.7 Å². The van der Waals surface area contributed by atoms with Crippen LogP contribution in [0.25, 0.3) is 42.4 Å². The Hall–Kier alpha value is -3.50. The van der Waals surface area contributed by atoms with Gasteiger partial charge in [-0.15, -0.1) is 11.3 Å². The molecule has 4 heteroatoms. The molecule has 0 bridgehead atoms. The first kappa shape index (κ1) is 18.5. The number of halogens is 1. The highest BCUT2D eigenvalue weighted by Gasteiger charge is 2.16. The lowest BCUT2D eigenvalue weighted by Crippen LogP contribution is -2.03. The van der Waals surface area contributed by atoms with Crippen molar-refractivity contribution in [1.29, 1.82) is 0 Å². The molecule has 0 saturated carbocycles. The molecule has 2 nitrogen and oxygen atoms in total. The minimum Gasteiger partial charge on any atom is -0.497 e. The van der Waals surface area contributed by atoms with E-state index >= 15 is 0 Å². The molecule has 0 fully saturated rings. The molecule has 5 aromatic rings. The van der Waals surface area contributed by atoms with Gasteiger partial charge in [0.05, 0.1) is 7.11 Å². The average Bonchev–Trinajstić information content (AvgIpc) is 2.79. The Balaban J connectivity index is 1.88. The Labute approximate surface area is 176 Å². The van der Waals surface area contributed by atoms with Gasteiger partial charge in [0.1, 0.15) is 11.6 Å². The minimum absolute atomic E-state index is 0.00552. The van der Waals surface area contributed by atoms with E-state index in [1.807, 2.05) is 60.7 Å². The predicted octanol–water partition coefficient (Wildman–Crippen LogP) is 6.90. The molecule has 0 saturated heterocycles. The second-order valence-corrected chi connectivity index (χ2v) is 8.08. The van der Waals surface area contributed by atoms with Crippen LogP contribution in [0, 0.1) is 5.82 Å². The van der Waals surface area contributed by atoms with Crippen molar-refractivity contribution in [3.05, 3.63) is 101 Å². The monoisotopic (exact) mass is 412 g/mol. The number of hydrogen-bond acceptors (Lipinski definition) is 3. The second-order valence-electron chi connectivity index (χ2n) is 7.03. The SMILES string of the molecule is COc1ccc(-c2ccc(-c3ccc(F)cc3)c3c(=O)c4ccccc4sc23)cc1. The van der Waals surface area contributed by atoms with E-state index in [2.05, 4.69) is 0 Å². The highest BCUT2D eigenvalue weighted by molar-refractivity contribution is 7.25. The minimum atomic E-state index is -0.298. The van der Waals surface area contributed by atoms with Crippen LogP contribution in [0.1, 0.15) is 0 Å². The van der Waals surface area contributed by atoms with Crippen LogP contribution in [0.3, 0.4) is 0 Å². The van der Waals surface area contributed by atoms with Gasteiger partial charge in [0.15, 0.2) is 5.43 Å². The highest BCUT2D eigenvalue weighted by Crippen LogP contribution is 2.39. The van der Waals surface area contributed by atoms with E-state index in [4.69, 9.17) is 4.74 Å². The molecule has 0 amide bonds. The van der Waals surface area contributed by atoms with Gasteiger partial charge in [-0.05, 0) is 58.7 Å². The van der Waals surface area contributed by atoms with Crippen LogP contribution in [0.5, 0.6) is 5.75 Å².